The summed E-state index contributed by atoms with van der Waals surface area (Å²) in [6.45, 7) is 2.49. The lowest BCUT2D eigenvalue weighted by atomic mass is 10.1. The second-order valence-electron chi connectivity index (χ2n) is 8.38. The second kappa shape index (κ2) is 11.4. The summed E-state index contributed by atoms with van der Waals surface area (Å²) in [6.07, 6.45) is 0.530. The smallest absolute Gasteiger partial charge is 0.276 e. The minimum absolute atomic E-state index is 0.00180. The number of aryl methyl sites for hydroxylation is 1. The number of carbonyl (C=O) groups excluding carboxylic acids is 2. The van der Waals surface area contributed by atoms with Crippen molar-refractivity contribution < 1.29 is 37.4 Å². The second-order valence-corrected chi connectivity index (χ2v) is 10.4. The number of hydroxylamine groups is 1. The van der Waals surface area contributed by atoms with Crippen LogP contribution in [0.2, 0.25) is 0 Å². The molecule has 3 N–H and O–H groups in total. The molecule has 0 atom stereocenters. The number of nitrogens with zero attached hydrogens (tertiary/aromatic N) is 1. The predicted molar refractivity (Wildman–Crippen MR) is 137 cm³/mol. The Morgan fingerprint density at radius 2 is 1.76 bits per heavy atom. The van der Waals surface area contributed by atoms with Crippen molar-refractivity contribution in [1.82, 2.24) is 10.8 Å². The van der Waals surface area contributed by atoms with E-state index < -0.39 is 15.9 Å². The predicted octanol–water partition coefficient (Wildman–Crippen LogP) is 2.87. The third-order valence-electron chi connectivity index (χ3n) is 5.89. The van der Waals surface area contributed by atoms with Crippen LogP contribution in [-0.4, -0.2) is 52.4 Å². The van der Waals surface area contributed by atoms with Crippen molar-refractivity contribution in [3.63, 3.8) is 0 Å². The molecule has 0 unspecified atom stereocenters. The summed E-state index contributed by atoms with van der Waals surface area (Å²) in [6, 6.07) is 15.6. The zero-order chi connectivity index (χ0) is 27.3. The van der Waals surface area contributed by atoms with E-state index in [1.54, 1.807) is 42.7 Å². The SMILES string of the molecule is Cc1cccc(C(=O)NO)c1N(C)S(=O)(=O)c1ccc(OCCCNC(=O)c2ccc3c(c2)OCO3)cc1. The van der Waals surface area contributed by atoms with E-state index in [4.69, 9.17) is 19.4 Å². The molecule has 4 rings (SSSR count). The Balaban J connectivity index is 1.31. The molecule has 0 aliphatic carbocycles. The number of para-hydroxylation sites is 1. The third kappa shape index (κ3) is 5.66. The third-order valence-corrected chi connectivity index (χ3v) is 7.66. The highest BCUT2D eigenvalue weighted by molar-refractivity contribution is 7.92. The van der Waals surface area contributed by atoms with Crippen molar-refractivity contribution in [1.29, 1.82) is 0 Å². The van der Waals surface area contributed by atoms with Crippen LogP contribution < -0.4 is 29.3 Å². The molecule has 0 saturated carbocycles. The van der Waals surface area contributed by atoms with E-state index in [9.17, 15) is 18.0 Å². The molecule has 0 aromatic heterocycles. The Labute approximate surface area is 219 Å². The Morgan fingerprint density at radius 3 is 2.50 bits per heavy atom. The van der Waals surface area contributed by atoms with Crippen LogP contribution in [0, 0.1) is 6.92 Å². The molecule has 3 aromatic carbocycles. The molecule has 0 fully saturated rings. The van der Waals surface area contributed by atoms with Crippen molar-refractivity contribution in [3.8, 4) is 17.2 Å². The Morgan fingerprint density at radius 1 is 1.03 bits per heavy atom. The Hall–Kier alpha value is -4.29. The lowest BCUT2D eigenvalue weighted by molar-refractivity contribution is 0.0707. The van der Waals surface area contributed by atoms with Crippen molar-refractivity contribution in [2.45, 2.75) is 18.2 Å². The van der Waals surface area contributed by atoms with Crippen LogP contribution in [0.5, 0.6) is 17.2 Å². The van der Waals surface area contributed by atoms with Gasteiger partial charge < -0.3 is 19.5 Å². The number of ether oxygens (including phenoxy) is 3. The monoisotopic (exact) mass is 541 g/mol. The summed E-state index contributed by atoms with van der Waals surface area (Å²) in [7, 11) is -2.67. The number of nitrogens with one attached hydrogen (secondary N) is 2. The van der Waals surface area contributed by atoms with Gasteiger partial charge in [-0.05, 0) is 67.4 Å². The van der Waals surface area contributed by atoms with Gasteiger partial charge in [0.15, 0.2) is 11.5 Å². The molecule has 0 bridgehead atoms. The maximum absolute atomic E-state index is 13.2. The van der Waals surface area contributed by atoms with Crippen molar-refractivity contribution in [3.05, 3.63) is 77.4 Å². The molecule has 1 heterocycles. The van der Waals surface area contributed by atoms with Gasteiger partial charge in [-0.3, -0.25) is 19.1 Å². The molecule has 200 valence electrons. The van der Waals surface area contributed by atoms with Gasteiger partial charge in [0.2, 0.25) is 6.79 Å². The molecule has 1 aliphatic rings. The first-order valence-corrected chi connectivity index (χ1v) is 13.1. The highest BCUT2D eigenvalue weighted by Crippen LogP contribution is 2.32. The normalized spacial score (nSPS) is 12.1. The Bertz CT molecular complexity index is 1440. The van der Waals surface area contributed by atoms with E-state index in [1.807, 2.05) is 0 Å². The molecular formula is C26H27N3O8S. The van der Waals surface area contributed by atoms with Gasteiger partial charge in [0.1, 0.15) is 5.75 Å². The van der Waals surface area contributed by atoms with Gasteiger partial charge in [-0.25, -0.2) is 13.9 Å². The Kier molecular flexibility index (Phi) is 8.03. The standard InChI is InChI=1S/C26H27N3O8S/c1-17-5-3-6-21(26(31)28-32)24(17)29(2)38(33,34)20-10-8-19(9-11-20)35-14-4-13-27-25(30)18-7-12-22-23(15-18)37-16-36-22/h3,5-12,15,32H,4,13-14,16H2,1-2H3,(H,27,30)(H,28,31). The maximum atomic E-state index is 13.2. The van der Waals surface area contributed by atoms with Crippen molar-refractivity contribution in [2.24, 2.45) is 0 Å². The first-order valence-electron chi connectivity index (χ1n) is 11.7. The minimum Gasteiger partial charge on any atom is -0.494 e. The summed E-state index contributed by atoms with van der Waals surface area (Å²) in [4.78, 5) is 24.4. The summed E-state index contributed by atoms with van der Waals surface area (Å²) in [5.74, 6) is 0.545. The highest BCUT2D eigenvalue weighted by atomic mass is 32.2. The highest BCUT2D eigenvalue weighted by Gasteiger charge is 2.26. The van der Waals surface area contributed by atoms with Gasteiger partial charge in [-0.15, -0.1) is 0 Å². The van der Waals surface area contributed by atoms with Crippen LogP contribution in [0.15, 0.2) is 65.6 Å². The van der Waals surface area contributed by atoms with Crippen molar-refractivity contribution in [2.75, 3.05) is 31.3 Å². The summed E-state index contributed by atoms with van der Waals surface area (Å²) < 4.78 is 43.7. The number of amides is 2. The van der Waals surface area contributed by atoms with E-state index in [0.717, 1.165) is 4.31 Å². The van der Waals surface area contributed by atoms with Gasteiger partial charge in [-0.2, -0.15) is 0 Å². The van der Waals surface area contributed by atoms with E-state index in [-0.39, 0.29) is 28.8 Å². The fourth-order valence-corrected chi connectivity index (χ4v) is 5.19. The first kappa shape index (κ1) is 26.8. The van der Waals surface area contributed by atoms with Gasteiger partial charge in [-0.1, -0.05) is 12.1 Å². The van der Waals surface area contributed by atoms with Gasteiger partial charge >= 0.3 is 0 Å². The topological polar surface area (TPSA) is 144 Å². The van der Waals surface area contributed by atoms with Gasteiger partial charge in [0, 0.05) is 19.2 Å². The molecule has 38 heavy (non-hydrogen) atoms. The summed E-state index contributed by atoms with van der Waals surface area (Å²) in [5.41, 5.74) is 2.73. The molecule has 0 radical (unpaired) electrons. The van der Waals surface area contributed by atoms with Gasteiger partial charge in [0.25, 0.3) is 21.8 Å². The van der Waals surface area contributed by atoms with Crippen LogP contribution in [0.4, 0.5) is 5.69 Å². The lowest BCUT2D eigenvalue weighted by Crippen LogP contribution is -2.30. The quantitative estimate of drug-likeness (QED) is 0.202. The molecule has 1 aliphatic heterocycles. The van der Waals surface area contributed by atoms with Crippen LogP contribution in [0.1, 0.15) is 32.7 Å². The van der Waals surface area contributed by atoms with E-state index in [0.29, 0.717) is 47.9 Å². The molecule has 2 amide bonds. The molecular weight excluding hydrogens is 514 g/mol. The fourth-order valence-electron chi connectivity index (χ4n) is 3.91. The number of benzene rings is 3. The van der Waals surface area contributed by atoms with Crippen LogP contribution in [0.3, 0.4) is 0 Å². The molecule has 0 saturated heterocycles. The maximum Gasteiger partial charge on any atom is 0.276 e. The first-order chi connectivity index (χ1) is 18.2. The van der Waals surface area contributed by atoms with Crippen molar-refractivity contribution >= 4 is 27.5 Å². The zero-order valence-electron chi connectivity index (χ0n) is 20.8. The number of hydrogen-bond donors (Lipinski definition) is 3. The van der Waals surface area contributed by atoms with E-state index in [1.165, 1.54) is 37.4 Å². The average Bonchev–Trinajstić information content (AvgIpc) is 3.40. The number of fused-ring (bicyclic) bond motifs is 1. The number of anilines is 1. The number of carbonyl (C=O) groups is 2. The largest absolute Gasteiger partial charge is 0.494 e. The van der Waals surface area contributed by atoms with Crippen LogP contribution >= 0.6 is 0 Å². The van der Waals surface area contributed by atoms with Crippen LogP contribution in [0.25, 0.3) is 0 Å². The summed E-state index contributed by atoms with van der Waals surface area (Å²) in [5, 5.41) is 11.8. The molecule has 3 aromatic rings. The number of rotatable bonds is 10. The van der Waals surface area contributed by atoms with Gasteiger partial charge in [0.05, 0.1) is 22.8 Å². The zero-order valence-corrected chi connectivity index (χ0v) is 21.6. The number of hydrogen-bond acceptors (Lipinski definition) is 8. The number of sulfonamides is 1. The fraction of sp³-hybridized carbons (Fsp3) is 0.231. The minimum atomic E-state index is -4.01. The molecule has 0 spiro atoms. The van der Waals surface area contributed by atoms with Crippen LogP contribution in [-0.2, 0) is 10.0 Å². The average molecular weight is 542 g/mol. The summed E-state index contributed by atoms with van der Waals surface area (Å²) >= 11 is 0. The molecule has 12 heteroatoms. The molecule has 11 nitrogen and oxygen atoms in total. The lowest BCUT2D eigenvalue weighted by Gasteiger charge is -2.23. The van der Waals surface area contributed by atoms with E-state index in [2.05, 4.69) is 5.32 Å². The van der Waals surface area contributed by atoms with E-state index >= 15 is 0 Å².